The fourth-order valence-corrected chi connectivity index (χ4v) is 4.68. The quantitative estimate of drug-likeness (QED) is 0.361. The van der Waals surface area contributed by atoms with Gasteiger partial charge in [0, 0.05) is 53.1 Å². The Balaban J connectivity index is 1.92. The Hall–Kier alpha value is -2.19. The Bertz CT molecular complexity index is 1060. The van der Waals surface area contributed by atoms with Crippen LogP contribution in [-0.4, -0.2) is 49.4 Å². The predicted octanol–water partition coefficient (Wildman–Crippen LogP) is 6.10. The van der Waals surface area contributed by atoms with Crippen LogP contribution in [0.1, 0.15) is 25.0 Å². The Morgan fingerprint density at radius 3 is 2.52 bits per heavy atom. The molecule has 9 heteroatoms. The molecule has 1 saturated heterocycles. The number of rotatable bonds is 10. The summed E-state index contributed by atoms with van der Waals surface area (Å²) in [7, 11) is 1.53. The first-order chi connectivity index (χ1) is 15.9. The Kier molecular flexibility index (Phi) is 9.09. The highest BCUT2D eigenvalue weighted by atomic mass is 35.5. The molecule has 6 nitrogen and oxygen atoms in total. The number of carbonyl (C=O) groups is 2. The lowest BCUT2D eigenvalue weighted by Gasteiger charge is -2.22. The van der Waals surface area contributed by atoms with Gasteiger partial charge in [0.1, 0.15) is 12.4 Å². The number of imide groups is 1. The molecule has 0 aliphatic carbocycles. The first-order valence-electron chi connectivity index (χ1n) is 10.6. The van der Waals surface area contributed by atoms with E-state index in [0.717, 1.165) is 36.1 Å². The third-order valence-corrected chi connectivity index (χ3v) is 6.70. The summed E-state index contributed by atoms with van der Waals surface area (Å²) in [5.41, 5.74) is 2.50. The standard InChI is InChI=1S/C24H26Cl2N2O4S/c1-4-27(5-2)19-9-7-16(12-22-23(29)28(10-11-31-3)24(30)33-22)21(14-19)32-15-17-6-8-18(25)13-20(17)26/h6-9,12-14H,4-5,10-11,15H2,1-3H3/b22-12+. The average Bonchev–Trinajstić information content (AvgIpc) is 3.06. The van der Waals surface area contributed by atoms with Crippen molar-refractivity contribution in [3.63, 3.8) is 0 Å². The van der Waals surface area contributed by atoms with Crippen molar-refractivity contribution in [2.45, 2.75) is 20.5 Å². The summed E-state index contributed by atoms with van der Waals surface area (Å²) in [5.74, 6) is 0.260. The highest BCUT2D eigenvalue weighted by Gasteiger charge is 2.34. The Labute approximate surface area is 208 Å². The second-order valence-corrected chi connectivity index (χ2v) is 9.08. The number of ether oxygens (including phenoxy) is 2. The van der Waals surface area contributed by atoms with Crippen LogP contribution in [0.25, 0.3) is 6.08 Å². The van der Waals surface area contributed by atoms with E-state index in [1.54, 1.807) is 18.2 Å². The highest BCUT2D eigenvalue weighted by Crippen LogP contribution is 2.35. The lowest BCUT2D eigenvalue weighted by atomic mass is 10.1. The van der Waals surface area contributed by atoms with E-state index in [0.29, 0.717) is 32.9 Å². The van der Waals surface area contributed by atoms with Gasteiger partial charge in [0.15, 0.2) is 0 Å². The molecule has 1 heterocycles. The summed E-state index contributed by atoms with van der Waals surface area (Å²) in [6.45, 7) is 6.60. The van der Waals surface area contributed by atoms with Crippen LogP contribution < -0.4 is 9.64 Å². The molecule has 0 radical (unpaired) electrons. The van der Waals surface area contributed by atoms with Crippen molar-refractivity contribution in [2.24, 2.45) is 0 Å². The van der Waals surface area contributed by atoms with Gasteiger partial charge in [0.2, 0.25) is 0 Å². The zero-order valence-electron chi connectivity index (χ0n) is 18.8. The molecule has 0 spiro atoms. The maximum absolute atomic E-state index is 12.7. The number of hydrogen-bond acceptors (Lipinski definition) is 6. The predicted molar refractivity (Wildman–Crippen MR) is 135 cm³/mol. The molecule has 2 aromatic rings. The molecule has 1 aliphatic rings. The number of amides is 2. The number of hydrogen-bond donors (Lipinski definition) is 0. The van der Waals surface area contributed by atoms with E-state index >= 15 is 0 Å². The number of methoxy groups -OCH3 is 1. The highest BCUT2D eigenvalue weighted by molar-refractivity contribution is 8.18. The third-order valence-electron chi connectivity index (χ3n) is 5.20. The van der Waals surface area contributed by atoms with Gasteiger partial charge in [-0.3, -0.25) is 14.5 Å². The van der Waals surface area contributed by atoms with Crippen molar-refractivity contribution in [3.8, 4) is 5.75 Å². The number of thioether (sulfide) groups is 1. The summed E-state index contributed by atoms with van der Waals surface area (Å²) in [6.07, 6.45) is 1.70. The van der Waals surface area contributed by atoms with E-state index in [-0.39, 0.29) is 24.3 Å². The third kappa shape index (κ3) is 6.23. The monoisotopic (exact) mass is 508 g/mol. The van der Waals surface area contributed by atoms with Gasteiger partial charge in [-0.1, -0.05) is 29.3 Å². The maximum atomic E-state index is 12.7. The molecule has 0 unspecified atom stereocenters. The largest absolute Gasteiger partial charge is 0.488 e. The molecule has 3 rings (SSSR count). The lowest BCUT2D eigenvalue weighted by molar-refractivity contribution is -0.123. The van der Waals surface area contributed by atoms with Crippen LogP contribution in [0.5, 0.6) is 5.75 Å². The zero-order chi connectivity index (χ0) is 24.0. The average molecular weight is 509 g/mol. The van der Waals surface area contributed by atoms with Crippen molar-refractivity contribution in [3.05, 3.63) is 62.5 Å². The lowest BCUT2D eigenvalue weighted by Crippen LogP contribution is -2.31. The van der Waals surface area contributed by atoms with Gasteiger partial charge in [-0.05, 0) is 56.0 Å². The molecule has 0 bridgehead atoms. The molecular formula is C24H26Cl2N2O4S. The molecule has 0 aromatic heterocycles. The van der Waals surface area contributed by atoms with Gasteiger partial charge in [0.05, 0.1) is 18.1 Å². The molecule has 2 amide bonds. The minimum Gasteiger partial charge on any atom is -0.488 e. The van der Waals surface area contributed by atoms with Gasteiger partial charge >= 0.3 is 0 Å². The molecule has 176 valence electrons. The van der Waals surface area contributed by atoms with E-state index in [2.05, 4.69) is 18.7 Å². The van der Waals surface area contributed by atoms with Crippen LogP contribution in [0.4, 0.5) is 10.5 Å². The fourth-order valence-electron chi connectivity index (χ4n) is 3.36. The molecule has 1 aliphatic heterocycles. The van der Waals surface area contributed by atoms with Crippen LogP contribution in [-0.2, 0) is 16.1 Å². The zero-order valence-corrected chi connectivity index (χ0v) is 21.1. The van der Waals surface area contributed by atoms with Crippen LogP contribution >= 0.6 is 35.0 Å². The Morgan fingerprint density at radius 1 is 1.09 bits per heavy atom. The smallest absolute Gasteiger partial charge is 0.293 e. The summed E-state index contributed by atoms with van der Waals surface area (Å²) in [5, 5.41) is 0.763. The van der Waals surface area contributed by atoms with E-state index < -0.39 is 0 Å². The molecule has 2 aromatic carbocycles. The van der Waals surface area contributed by atoms with Crippen LogP contribution in [0.15, 0.2) is 41.3 Å². The van der Waals surface area contributed by atoms with E-state index in [4.69, 9.17) is 32.7 Å². The second-order valence-electron chi connectivity index (χ2n) is 7.24. The SMILES string of the molecule is CCN(CC)c1ccc(/C=C2/SC(=O)N(CCOC)C2=O)c(OCc2ccc(Cl)cc2Cl)c1. The van der Waals surface area contributed by atoms with Crippen molar-refractivity contribution >= 4 is 57.9 Å². The number of carbonyl (C=O) groups excluding carboxylic acids is 2. The summed E-state index contributed by atoms with van der Waals surface area (Å²) < 4.78 is 11.2. The van der Waals surface area contributed by atoms with Crippen molar-refractivity contribution in [2.75, 3.05) is 38.3 Å². The van der Waals surface area contributed by atoms with Gasteiger partial charge in [-0.2, -0.15) is 0 Å². The summed E-state index contributed by atoms with van der Waals surface area (Å²) in [4.78, 5) is 28.8. The van der Waals surface area contributed by atoms with E-state index in [1.165, 1.54) is 12.0 Å². The summed E-state index contributed by atoms with van der Waals surface area (Å²) in [6, 6.07) is 11.1. The molecule has 0 saturated carbocycles. The van der Waals surface area contributed by atoms with Gasteiger partial charge in [0.25, 0.3) is 11.1 Å². The van der Waals surface area contributed by atoms with Crippen molar-refractivity contribution < 1.29 is 19.1 Å². The minimum absolute atomic E-state index is 0.220. The van der Waals surface area contributed by atoms with Gasteiger partial charge in [-0.15, -0.1) is 0 Å². The topological polar surface area (TPSA) is 59.1 Å². The van der Waals surface area contributed by atoms with E-state index in [1.807, 2.05) is 24.3 Å². The first-order valence-corrected chi connectivity index (χ1v) is 12.1. The molecule has 0 atom stereocenters. The Morgan fingerprint density at radius 2 is 1.85 bits per heavy atom. The maximum Gasteiger partial charge on any atom is 0.293 e. The fraction of sp³-hybridized carbons (Fsp3) is 0.333. The molecule has 1 fully saturated rings. The first kappa shape index (κ1) is 25.4. The minimum atomic E-state index is -0.332. The number of halogens is 2. The van der Waals surface area contributed by atoms with Crippen LogP contribution in [0, 0.1) is 0 Å². The summed E-state index contributed by atoms with van der Waals surface area (Å²) >= 11 is 13.2. The van der Waals surface area contributed by atoms with Gasteiger partial charge in [-0.25, -0.2) is 0 Å². The van der Waals surface area contributed by atoms with E-state index in [9.17, 15) is 9.59 Å². The molecular weight excluding hydrogens is 483 g/mol. The van der Waals surface area contributed by atoms with Crippen LogP contribution in [0.3, 0.4) is 0 Å². The van der Waals surface area contributed by atoms with Gasteiger partial charge < -0.3 is 14.4 Å². The number of anilines is 1. The number of benzene rings is 2. The van der Waals surface area contributed by atoms with Crippen LogP contribution in [0.2, 0.25) is 10.0 Å². The van der Waals surface area contributed by atoms with Crippen molar-refractivity contribution in [1.29, 1.82) is 0 Å². The second kappa shape index (κ2) is 11.8. The van der Waals surface area contributed by atoms with Crippen molar-refractivity contribution in [1.82, 2.24) is 4.90 Å². The molecule has 33 heavy (non-hydrogen) atoms. The molecule has 0 N–H and O–H groups in total. The normalized spacial score (nSPS) is 14.9. The number of nitrogens with zero attached hydrogens (tertiary/aromatic N) is 2.